The molecule has 0 spiro atoms. The molecule has 1 heterocycles. The smallest absolute Gasteiger partial charge is 0.346 e. The third-order valence-electron chi connectivity index (χ3n) is 2.53. The van der Waals surface area contributed by atoms with Gasteiger partial charge in [-0.1, -0.05) is 0 Å². The lowest BCUT2D eigenvalue weighted by molar-refractivity contribution is -0.141. The maximum absolute atomic E-state index is 12.0. The first-order chi connectivity index (χ1) is 8.79. The van der Waals surface area contributed by atoms with Crippen molar-refractivity contribution in [1.29, 1.82) is 0 Å². The highest BCUT2D eigenvalue weighted by Crippen LogP contribution is 2.12. The van der Waals surface area contributed by atoms with E-state index >= 15 is 0 Å². The first kappa shape index (κ1) is 15.4. The molecule has 0 bridgehead atoms. The minimum atomic E-state index is -4.40. The summed E-state index contributed by atoms with van der Waals surface area (Å²) in [6.07, 6.45) is 0.163. The Labute approximate surface area is 108 Å². The number of carbonyl (C=O) groups is 1. The summed E-state index contributed by atoms with van der Waals surface area (Å²) in [6, 6.07) is -0.690. The molecule has 0 radical (unpaired) electrons. The molecule has 1 atom stereocenters. The Kier molecular flexibility index (Phi) is 5.22. The molecule has 1 amide bonds. The van der Waals surface area contributed by atoms with E-state index in [1.54, 1.807) is 11.9 Å². The second-order valence-corrected chi connectivity index (χ2v) is 4.12. The van der Waals surface area contributed by atoms with Gasteiger partial charge < -0.3 is 5.32 Å². The molecule has 0 fully saturated rings. The zero-order valence-electron chi connectivity index (χ0n) is 10.6. The summed E-state index contributed by atoms with van der Waals surface area (Å²) in [7, 11) is 1.63. The molecule has 8 heteroatoms. The average molecular weight is 276 g/mol. The number of halogens is 3. The van der Waals surface area contributed by atoms with Gasteiger partial charge in [0.15, 0.2) is 0 Å². The summed E-state index contributed by atoms with van der Waals surface area (Å²) >= 11 is 0. The molecule has 19 heavy (non-hydrogen) atoms. The molecule has 0 aliphatic carbocycles. The number of carbonyl (C=O) groups excluding carboxylic acids is 1. The lowest BCUT2D eigenvalue weighted by Crippen LogP contribution is -2.45. The molecule has 5 nitrogen and oxygen atoms in total. The molecule has 1 N–H and O–H groups in total. The van der Waals surface area contributed by atoms with Gasteiger partial charge in [0.05, 0.1) is 11.7 Å². The minimum Gasteiger partial charge on any atom is -0.346 e. The van der Waals surface area contributed by atoms with Gasteiger partial charge in [-0.25, -0.2) is 0 Å². The number of hydrogen-bond donors (Lipinski definition) is 1. The second-order valence-electron chi connectivity index (χ2n) is 4.12. The number of alkyl halides is 3. The van der Waals surface area contributed by atoms with Gasteiger partial charge in [-0.05, 0) is 14.0 Å². The maximum Gasteiger partial charge on any atom is 0.405 e. The van der Waals surface area contributed by atoms with Crippen LogP contribution in [0.5, 0.6) is 0 Å². The predicted octanol–water partition coefficient (Wildman–Crippen LogP) is 0.975. The van der Waals surface area contributed by atoms with Crippen molar-refractivity contribution >= 4 is 5.91 Å². The first-order valence-electron chi connectivity index (χ1n) is 5.59. The SMILES string of the molecule is C[C@H](C(=O)NCC(F)(F)F)N(C)Cc1cnccn1. The predicted molar refractivity (Wildman–Crippen MR) is 62.0 cm³/mol. The number of rotatable bonds is 5. The van der Waals surface area contributed by atoms with Crippen molar-refractivity contribution in [3.63, 3.8) is 0 Å². The van der Waals surface area contributed by atoms with Crippen LogP contribution in [0, 0.1) is 0 Å². The van der Waals surface area contributed by atoms with Gasteiger partial charge in [0.1, 0.15) is 6.54 Å². The van der Waals surface area contributed by atoms with Crippen LogP contribution in [0.4, 0.5) is 13.2 Å². The van der Waals surface area contributed by atoms with E-state index < -0.39 is 24.7 Å². The Bertz CT molecular complexity index is 410. The van der Waals surface area contributed by atoms with Crippen molar-refractivity contribution in [1.82, 2.24) is 20.2 Å². The largest absolute Gasteiger partial charge is 0.405 e. The number of likely N-dealkylation sites (N-methyl/N-ethyl adjacent to an activating group) is 1. The highest BCUT2D eigenvalue weighted by Gasteiger charge is 2.29. The number of hydrogen-bond acceptors (Lipinski definition) is 4. The van der Waals surface area contributed by atoms with Crippen LogP contribution in [0.25, 0.3) is 0 Å². The van der Waals surface area contributed by atoms with Crippen molar-refractivity contribution in [2.45, 2.75) is 25.7 Å². The Hall–Kier alpha value is -1.70. The van der Waals surface area contributed by atoms with Crippen LogP contribution in [-0.2, 0) is 11.3 Å². The highest BCUT2D eigenvalue weighted by molar-refractivity contribution is 5.81. The van der Waals surface area contributed by atoms with Gasteiger partial charge in [0.25, 0.3) is 0 Å². The Morgan fingerprint density at radius 2 is 2.16 bits per heavy atom. The molecular weight excluding hydrogens is 261 g/mol. The number of amides is 1. The van der Waals surface area contributed by atoms with E-state index in [-0.39, 0.29) is 0 Å². The molecule has 0 aromatic carbocycles. The summed E-state index contributed by atoms with van der Waals surface area (Å²) in [5, 5.41) is 1.85. The molecule has 0 unspecified atom stereocenters. The van der Waals surface area contributed by atoms with Gasteiger partial charge in [-0.2, -0.15) is 13.2 Å². The molecule has 0 saturated carbocycles. The molecule has 1 aromatic heterocycles. The van der Waals surface area contributed by atoms with Crippen LogP contribution >= 0.6 is 0 Å². The third-order valence-corrected chi connectivity index (χ3v) is 2.53. The quantitative estimate of drug-likeness (QED) is 0.871. The molecular formula is C11H15F3N4O. The van der Waals surface area contributed by atoms with Crippen LogP contribution in [-0.4, -0.2) is 46.6 Å². The summed E-state index contributed by atoms with van der Waals surface area (Å²) in [4.78, 5) is 21.0. The number of nitrogens with zero attached hydrogens (tertiary/aromatic N) is 3. The molecule has 0 saturated heterocycles. The minimum absolute atomic E-state index is 0.328. The number of nitrogens with one attached hydrogen (secondary N) is 1. The zero-order chi connectivity index (χ0) is 14.5. The van der Waals surface area contributed by atoms with E-state index in [2.05, 4.69) is 9.97 Å². The van der Waals surface area contributed by atoms with E-state index in [1.807, 2.05) is 5.32 Å². The lowest BCUT2D eigenvalue weighted by Gasteiger charge is -2.23. The second kappa shape index (κ2) is 6.46. The van der Waals surface area contributed by atoms with Crippen molar-refractivity contribution < 1.29 is 18.0 Å². The van der Waals surface area contributed by atoms with Crippen LogP contribution in [0.1, 0.15) is 12.6 Å². The fourth-order valence-electron chi connectivity index (χ4n) is 1.34. The Morgan fingerprint density at radius 3 is 2.68 bits per heavy atom. The van der Waals surface area contributed by atoms with Gasteiger partial charge >= 0.3 is 6.18 Å². The Morgan fingerprint density at radius 1 is 1.47 bits per heavy atom. The molecule has 1 aromatic rings. The van der Waals surface area contributed by atoms with Gasteiger partial charge in [0.2, 0.25) is 5.91 Å². The van der Waals surface area contributed by atoms with Gasteiger partial charge in [-0.15, -0.1) is 0 Å². The lowest BCUT2D eigenvalue weighted by atomic mass is 10.2. The Balaban J connectivity index is 2.48. The summed E-state index contributed by atoms with van der Waals surface area (Å²) in [6.45, 7) is 0.533. The molecule has 0 aliphatic rings. The highest BCUT2D eigenvalue weighted by atomic mass is 19.4. The van der Waals surface area contributed by atoms with Gasteiger partial charge in [0, 0.05) is 25.1 Å². The van der Waals surface area contributed by atoms with E-state index in [9.17, 15) is 18.0 Å². The van der Waals surface area contributed by atoms with E-state index in [1.165, 1.54) is 25.5 Å². The standard InChI is InChI=1S/C11H15F3N4O/c1-8(10(19)17-7-11(12,13)14)18(2)6-9-5-15-3-4-16-9/h3-5,8H,6-7H2,1-2H3,(H,17,19)/t8-/m1/s1. The molecule has 0 aliphatic heterocycles. The first-order valence-corrected chi connectivity index (χ1v) is 5.59. The van der Waals surface area contributed by atoms with Gasteiger partial charge in [-0.3, -0.25) is 19.7 Å². The van der Waals surface area contributed by atoms with Crippen molar-refractivity contribution in [3.05, 3.63) is 24.3 Å². The van der Waals surface area contributed by atoms with Crippen LogP contribution < -0.4 is 5.32 Å². The molecule has 106 valence electrons. The van der Waals surface area contributed by atoms with Crippen LogP contribution in [0.3, 0.4) is 0 Å². The van der Waals surface area contributed by atoms with E-state index in [4.69, 9.17) is 0 Å². The maximum atomic E-state index is 12.0. The van der Waals surface area contributed by atoms with Crippen molar-refractivity contribution in [2.75, 3.05) is 13.6 Å². The van der Waals surface area contributed by atoms with Crippen molar-refractivity contribution in [3.8, 4) is 0 Å². The van der Waals surface area contributed by atoms with E-state index in [0.717, 1.165) is 0 Å². The summed E-state index contributed by atoms with van der Waals surface area (Å²) < 4.78 is 35.9. The normalized spacial score (nSPS) is 13.4. The fourth-order valence-corrected chi connectivity index (χ4v) is 1.34. The topological polar surface area (TPSA) is 58.1 Å². The van der Waals surface area contributed by atoms with E-state index in [0.29, 0.717) is 12.2 Å². The summed E-state index contributed by atoms with van der Waals surface area (Å²) in [5.41, 5.74) is 0.639. The van der Waals surface area contributed by atoms with Crippen molar-refractivity contribution in [2.24, 2.45) is 0 Å². The summed E-state index contributed by atoms with van der Waals surface area (Å²) in [5.74, 6) is -0.677. The third kappa shape index (κ3) is 5.64. The fraction of sp³-hybridized carbons (Fsp3) is 0.545. The zero-order valence-corrected chi connectivity index (χ0v) is 10.6. The van der Waals surface area contributed by atoms with Crippen LogP contribution in [0.2, 0.25) is 0 Å². The molecule has 1 rings (SSSR count). The van der Waals surface area contributed by atoms with Crippen LogP contribution in [0.15, 0.2) is 18.6 Å². The average Bonchev–Trinajstić information content (AvgIpc) is 2.35. The number of aromatic nitrogens is 2. The monoisotopic (exact) mass is 276 g/mol.